The van der Waals surface area contributed by atoms with Crippen molar-refractivity contribution in [1.82, 2.24) is 15.0 Å². The van der Waals surface area contributed by atoms with Crippen molar-refractivity contribution in [3.63, 3.8) is 0 Å². The number of nitrogens with one attached hydrogen (secondary N) is 2. The summed E-state index contributed by atoms with van der Waals surface area (Å²) in [5, 5.41) is 4.11. The summed E-state index contributed by atoms with van der Waals surface area (Å²) in [6.07, 6.45) is 6.09. The lowest BCUT2D eigenvalue weighted by Crippen LogP contribution is -2.14. The summed E-state index contributed by atoms with van der Waals surface area (Å²) in [5.74, 6) is 0.354. The maximum Gasteiger partial charge on any atom is 0.258 e. The number of halogens is 2. The molecule has 0 aliphatic heterocycles. The van der Waals surface area contributed by atoms with E-state index in [-0.39, 0.29) is 20.9 Å². The van der Waals surface area contributed by atoms with Crippen molar-refractivity contribution in [2.45, 2.75) is 18.6 Å². The number of fused-ring (bicyclic) bond motifs is 1. The van der Waals surface area contributed by atoms with E-state index >= 15 is 0 Å². The molecule has 0 aliphatic rings. The standard InChI is InChI=1S/C22H18Cl2N4OS/c1-2-12-11-27-19-13(17(12)20(30)21-25-9-10-26-21)5-3-8-16(19)28-22(29)18-14(23)6-4-7-15(18)24/h3-11,20,30H,2H2,1H3,(H,25,26)(H,28,29). The van der Waals surface area contributed by atoms with Crippen LogP contribution in [0.15, 0.2) is 55.0 Å². The van der Waals surface area contributed by atoms with Crippen LogP contribution in [0.2, 0.25) is 10.0 Å². The van der Waals surface area contributed by atoms with Crippen LogP contribution in [-0.4, -0.2) is 20.9 Å². The molecule has 152 valence electrons. The molecule has 0 radical (unpaired) electrons. The second-order valence-electron chi connectivity index (χ2n) is 6.68. The number of hydrogen-bond donors (Lipinski definition) is 3. The van der Waals surface area contributed by atoms with Gasteiger partial charge in [-0.1, -0.05) is 48.3 Å². The lowest BCUT2D eigenvalue weighted by Gasteiger charge is -2.18. The molecule has 1 amide bonds. The highest BCUT2D eigenvalue weighted by atomic mass is 35.5. The Hall–Kier alpha value is -2.54. The van der Waals surface area contributed by atoms with Crippen LogP contribution in [0, 0.1) is 0 Å². The summed E-state index contributed by atoms with van der Waals surface area (Å²) in [6, 6.07) is 10.6. The van der Waals surface area contributed by atoms with Crippen molar-refractivity contribution >= 4 is 58.3 Å². The van der Waals surface area contributed by atoms with Gasteiger partial charge in [0, 0.05) is 24.0 Å². The van der Waals surface area contributed by atoms with Gasteiger partial charge in [0.2, 0.25) is 0 Å². The molecule has 5 nitrogen and oxygen atoms in total. The number of hydrogen-bond acceptors (Lipinski definition) is 4. The molecule has 2 aromatic carbocycles. The number of imidazole rings is 1. The number of para-hydroxylation sites is 1. The van der Waals surface area contributed by atoms with Crippen molar-refractivity contribution in [2.75, 3.05) is 5.32 Å². The summed E-state index contributed by atoms with van der Waals surface area (Å²) in [6.45, 7) is 2.07. The predicted molar refractivity (Wildman–Crippen MR) is 125 cm³/mol. The Morgan fingerprint density at radius 2 is 1.90 bits per heavy atom. The van der Waals surface area contributed by atoms with Gasteiger partial charge in [-0.05, 0) is 35.7 Å². The van der Waals surface area contributed by atoms with Crippen molar-refractivity contribution in [3.8, 4) is 0 Å². The number of aryl methyl sites for hydroxylation is 1. The lowest BCUT2D eigenvalue weighted by atomic mass is 9.97. The highest BCUT2D eigenvalue weighted by Crippen LogP contribution is 2.36. The summed E-state index contributed by atoms with van der Waals surface area (Å²) < 4.78 is 0. The molecule has 1 atom stereocenters. The monoisotopic (exact) mass is 456 g/mol. The van der Waals surface area contributed by atoms with Gasteiger partial charge in [0.1, 0.15) is 5.82 Å². The van der Waals surface area contributed by atoms with Crippen molar-refractivity contribution in [3.05, 3.63) is 87.5 Å². The van der Waals surface area contributed by atoms with Crippen molar-refractivity contribution < 1.29 is 4.79 Å². The number of thiol groups is 1. The molecule has 0 fully saturated rings. The Bertz CT molecular complexity index is 1210. The second-order valence-corrected chi connectivity index (χ2v) is 8.01. The third-order valence-corrected chi connectivity index (χ3v) is 6.03. The van der Waals surface area contributed by atoms with Gasteiger partial charge in [0.15, 0.2) is 0 Å². The first-order valence-corrected chi connectivity index (χ1v) is 10.6. The van der Waals surface area contributed by atoms with Crippen LogP contribution in [0.4, 0.5) is 5.69 Å². The Morgan fingerprint density at radius 1 is 1.17 bits per heavy atom. The second kappa shape index (κ2) is 8.68. The minimum absolute atomic E-state index is 0.228. The molecule has 0 spiro atoms. The Morgan fingerprint density at radius 3 is 2.57 bits per heavy atom. The topological polar surface area (TPSA) is 70.7 Å². The fourth-order valence-electron chi connectivity index (χ4n) is 3.45. The summed E-state index contributed by atoms with van der Waals surface area (Å²) in [5.41, 5.74) is 3.53. The van der Waals surface area contributed by atoms with E-state index in [4.69, 9.17) is 35.8 Å². The molecule has 0 saturated carbocycles. The summed E-state index contributed by atoms with van der Waals surface area (Å²) >= 11 is 17.2. The van der Waals surface area contributed by atoms with E-state index in [0.29, 0.717) is 11.2 Å². The summed E-state index contributed by atoms with van der Waals surface area (Å²) in [4.78, 5) is 25.0. The molecule has 1 unspecified atom stereocenters. The van der Waals surface area contributed by atoms with E-state index in [9.17, 15) is 4.79 Å². The van der Waals surface area contributed by atoms with Crippen molar-refractivity contribution in [1.29, 1.82) is 0 Å². The molecule has 4 rings (SSSR count). The lowest BCUT2D eigenvalue weighted by molar-refractivity contribution is 0.102. The fourth-order valence-corrected chi connectivity index (χ4v) is 4.47. The fraction of sp³-hybridized carbons (Fsp3) is 0.136. The number of H-pyrrole nitrogens is 1. The maximum absolute atomic E-state index is 12.9. The van der Waals surface area contributed by atoms with Gasteiger partial charge >= 0.3 is 0 Å². The first-order valence-electron chi connectivity index (χ1n) is 9.34. The number of rotatable bonds is 5. The zero-order valence-electron chi connectivity index (χ0n) is 16.0. The normalized spacial score (nSPS) is 12.1. The Labute approximate surface area is 189 Å². The van der Waals surface area contributed by atoms with E-state index in [1.165, 1.54) is 0 Å². The molecule has 30 heavy (non-hydrogen) atoms. The van der Waals surface area contributed by atoms with Gasteiger partial charge in [0.25, 0.3) is 5.91 Å². The van der Waals surface area contributed by atoms with Crippen LogP contribution in [0.25, 0.3) is 10.9 Å². The highest BCUT2D eigenvalue weighted by molar-refractivity contribution is 7.80. The number of anilines is 1. The number of amides is 1. The van der Waals surface area contributed by atoms with Gasteiger partial charge in [-0.15, -0.1) is 0 Å². The summed E-state index contributed by atoms with van der Waals surface area (Å²) in [7, 11) is 0. The molecule has 2 aromatic heterocycles. The smallest absolute Gasteiger partial charge is 0.258 e. The minimum atomic E-state index is -0.394. The molecular formula is C22H18Cl2N4OS. The van der Waals surface area contributed by atoms with E-state index in [1.54, 1.807) is 36.7 Å². The molecule has 2 N–H and O–H groups in total. The highest BCUT2D eigenvalue weighted by Gasteiger charge is 2.21. The number of aromatic amines is 1. The number of benzene rings is 2. The number of nitrogens with zero attached hydrogens (tertiary/aromatic N) is 2. The van der Waals surface area contributed by atoms with Crippen LogP contribution in [0.3, 0.4) is 0 Å². The number of pyridine rings is 1. The number of aromatic nitrogens is 3. The largest absolute Gasteiger partial charge is 0.347 e. The third-order valence-electron chi connectivity index (χ3n) is 4.89. The first-order chi connectivity index (χ1) is 14.5. The molecule has 8 heteroatoms. The van der Waals surface area contributed by atoms with Gasteiger partial charge < -0.3 is 10.3 Å². The SMILES string of the molecule is CCc1cnc2c(NC(=O)c3c(Cl)cccc3Cl)cccc2c1C(S)c1ncc[nH]1. The average molecular weight is 457 g/mol. The molecular weight excluding hydrogens is 439 g/mol. The van der Waals surface area contributed by atoms with Gasteiger partial charge in [-0.25, -0.2) is 4.98 Å². The number of carbonyl (C=O) groups excluding carboxylic acids is 1. The van der Waals surface area contributed by atoms with Gasteiger partial charge in [-0.3, -0.25) is 9.78 Å². The third kappa shape index (κ3) is 3.78. The molecule has 2 heterocycles. The van der Waals surface area contributed by atoms with Crippen molar-refractivity contribution in [2.24, 2.45) is 0 Å². The predicted octanol–water partition coefficient (Wildman–Crippen LogP) is 6.10. The van der Waals surface area contributed by atoms with Crippen LogP contribution in [-0.2, 0) is 6.42 Å². The van der Waals surface area contributed by atoms with Crippen LogP contribution in [0.5, 0.6) is 0 Å². The Kier molecular flexibility index (Phi) is 5.99. The van der Waals surface area contributed by atoms with Gasteiger partial charge in [-0.2, -0.15) is 12.6 Å². The maximum atomic E-state index is 12.9. The molecule has 0 aliphatic carbocycles. The van der Waals surface area contributed by atoms with Gasteiger partial charge in [0.05, 0.1) is 32.1 Å². The molecule has 4 aromatic rings. The van der Waals surface area contributed by atoms with Crippen LogP contribution >= 0.6 is 35.8 Å². The minimum Gasteiger partial charge on any atom is -0.347 e. The Balaban J connectivity index is 1.81. The van der Waals surface area contributed by atoms with E-state index in [2.05, 4.69) is 27.2 Å². The number of carbonyl (C=O) groups is 1. The van der Waals surface area contributed by atoms with Crippen LogP contribution < -0.4 is 5.32 Å². The zero-order chi connectivity index (χ0) is 21.3. The van der Waals surface area contributed by atoms with E-state index in [1.807, 2.05) is 18.3 Å². The quantitative estimate of drug-likeness (QED) is 0.317. The van der Waals surface area contributed by atoms with E-state index in [0.717, 1.165) is 28.8 Å². The average Bonchev–Trinajstić information content (AvgIpc) is 3.27. The zero-order valence-corrected chi connectivity index (χ0v) is 18.4. The molecule has 0 bridgehead atoms. The molecule has 0 saturated heterocycles. The first kappa shape index (κ1) is 20.7. The van der Waals surface area contributed by atoms with E-state index < -0.39 is 5.91 Å². The van der Waals surface area contributed by atoms with Crippen LogP contribution in [0.1, 0.15) is 39.5 Å².